The fraction of sp³-hybridized carbons (Fsp3) is 0.455. The molecule has 0 aromatic heterocycles. The highest BCUT2D eigenvalue weighted by atomic mass is 79.9. The Morgan fingerprint density at radius 2 is 2.29 bits per heavy atom. The Bertz CT molecular complexity index is 310. The number of hydrogen-bond donors (Lipinski definition) is 2. The number of hydrogen-bond acceptors (Lipinski definition) is 2. The first-order valence-electron chi connectivity index (χ1n) is 5.01. The van der Waals surface area contributed by atoms with Crippen LogP contribution in [0.4, 0.5) is 0 Å². The van der Waals surface area contributed by atoms with Gasteiger partial charge in [0.25, 0.3) is 0 Å². The number of benzene rings is 1. The lowest BCUT2D eigenvalue weighted by molar-refractivity contribution is 0.487. The average molecular weight is 255 g/mol. The van der Waals surface area contributed by atoms with Crippen LogP contribution in [0.25, 0.3) is 0 Å². The van der Waals surface area contributed by atoms with Gasteiger partial charge in [0, 0.05) is 10.5 Å². The molecule has 0 saturated heterocycles. The van der Waals surface area contributed by atoms with Crippen LogP contribution in [0.5, 0.6) is 0 Å². The summed E-state index contributed by atoms with van der Waals surface area (Å²) in [6.45, 7) is 0. The topological polar surface area (TPSA) is 38.0 Å². The van der Waals surface area contributed by atoms with E-state index in [1.165, 1.54) is 18.4 Å². The summed E-state index contributed by atoms with van der Waals surface area (Å²) in [5.41, 5.74) is 4.17. The van der Waals surface area contributed by atoms with E-state index in [1.807, 2.05) is 6.07 Å². The molecule has 0 heterocycles. The highest BCUT2D eigenvalue weighted by Crippen LogP contribution is 2.37. The monoisotopic (exact) mass is 254 g/mol. The second-order valence-corrected chi connectivity index (χ2v) is 4.87. The van der Waals surface area contributed by atoms with Crippen molar-refractivity contribution < 1.29 is 0 Å². The van der Waals surface area contributed by atoms with Gasteiger partial charge in [0.1, 0.15) is 0 Å². The van der Waals surface area contributed by atoms with Crippen molar-refractivity contribution in [1.82, 2.24) is 5.43 Å². The molecule has 0 amide bonds. The van der Waals surface area contributed by atoms with E-state index in [2.05, 4.69) is 39.6 Å². The van der Waals surface area contributed by atoms with Gasteiger partial charge < -0.3 is 0 Å². The second-order valence-electron chi connectivity index (χ2n) is 3.95. The molecule has 2 rings (SSSR count). The Kier molecular flexibility index (Phi) is 3.21. The van der Waals surface area contributed by atoms with Crippen molar-refractivity contribution in [3.63, 3.8) is 0 Å². The van der Waals surface area contributed by atoms with Crippen molar-refractivity contribution >= 4 is 15.9 Å². The first kappa shape index (κ1) is 10.1. The fourth-order valence-electron chi connectivity index (χ4n) is 1.71. The maximum Gasteiger partial charge on any atom is 0.0463 e. The Balaban J connectivity index is 2.08. The minimum absolute atomic E-state index is 0.306. The highest BCUT2D eigenvalue weighted by molar-refractivity contribution is 9.10. The standard InChI is InChI=1S/C11H15BrN2/c12-10-3-1-2-9(7-10)11(14-13)6-8-4-5-8/h1-3,7-8,11,14H,4-6,13H2. The third-order valence-corrected chi connectivity index (χ3v) is 3.21. The molecule has 3 heteroatoms. The van der Waals surface area contributed by atoms with Gasteiger partial charge >= 0.3 is 0 Å². The van der Waals surface area contributed by atoms with Crippen molar-refractivity contribution in [2.75, 3.05) is 0 Å². The molecule has 1 unspecified atom stereocenters. The summed E-state index contributed by atoms with van der Waals surface area (Å²) >= 11 is 3.47. The van der Waals surface area contributed by atoms with Gasteiger partial charge in [-0.3, -0.25) is 11.3 Å². The van der Waals surface area contributed by atoms with Crippen molar-refractivity contribution in [3.8, 4) is 0 Å². The second kappa shape index (κ2) is 4.43. The smallest absolute Gasteiger partial charge is 0.0463 e. The first-order valence-corrected chi connectivity index (χ1v) is 5.80. The Labute approximate surface area is 93.0 Å². The van der Waals surface area contributed by atoms with Crippen molar-refractivity contribution in [1.29, 1.82) is 0 Å². The summed E-state index contributed by atoms with van der Waals surface area (Å²) in [4.78, 5) is 0. The Morgan fingerprint density at radius 1 is 1.50 bits per heavy atom. The number of halogens is 1. The Hall–Kier alpha value is -0.380. The minimum atomic E-state index is 0.306. The maximum atomic E-state index is 5.57. The van der Waals surface area contributed by atoms with Crippen LogP contribution in [0.3, 0.4) is 0 Å². The molecule has 1 aliphatic rings. The lowest BCUT2D eigenvalue weighted by Gasteiger charge is -2.15. The third-order valence-electron chi connectivity index (χ3n) is 2.72. The molecule has 1 atom stereocenters. The van der Waals surface area contributed by atoms with E-state index in [0.717, 1.165) is 16.8 Å². The van der Waals surface area contributed by atoms with Crippen LogP contribution in [0.2, 0.25) is 0 Å². The molecule has 14 heavy (non-hydrogen) atoms. The number of hydrazine groups is 1. The summed E-state index contributed by atoms with van der Waals surface area (Å²) in [5, 5.41) is 0. The van der Waals surface area contributed by atoms with Crippen LogP contribution in [-0.4, -0.2) is 0 Å². The molecule has 2 nitrogen and oxygen atoms in total. The van der Waals surface area contributed by atoms with Gasteiger partial charge in [-0.15, -0.1) is 0 Å². The highest BCUT2D eigenvalue weighted by Gasteiger charge is 2.25. The molecule has 76 valence electrons. The quantitative estimate of drug-likeness (QED) is 0.641. The van der Waals surface area contributed by atoms with Crippen molar-refractivity contribution in [3.05, 3.63) is 34.3 Å². The molecule has 0 spiro atoms. The predicted octanol–water partition coefficient (Wildman–Crippen LogP) is 2.75. The van der Waals surface area contributed by atoms with E-state index in [4.69, 9.17) is 5.84 Å². The molecule has 1 aromatic rings. The van der Waals surface area contributed by atoms with Crippen LogP contribution < -0.4 is 11.3 Å². The lowest BCUT2D eigenvalue weighted by atomic mass is 10.0. The molecular weight excluding hydrogens is 240 g/mol. The molecule has 1 aliphatic carbocycles. The van der Waals surface area contributed by atoms with Gasteiger partial charge in [0.05, 0.1) is 0 Å². The Morgan fingerprint density at radius 3 is 2.86 bits per heavy atom. The molecule has 1 aromatic carbocycles. The van der Waals surface area contributed by atoms with Crippen LogP contribution in [0.15, 0.2) is 28.7 Å². The molecule has 1 saturated carbocycles. The van der Waals surface area contributed by atoms with Gasteiger partial charge in [0.15, 0.2) is 0 Å². The summed E-state index contributed by atoms with van der Waals surface area (Å²) < 4.78 is 1.12. The van der Waals surface area contributed by atoms with Crippen LogP contribution in [0, 0.1) is 5.92 Å². The lowest BCUT2D eigenvalue weighted by Crippen LogP contribution is -2.28. The van der Waals surface area contributed by atoms with E-state index in [0.29, 0.717) is 6.04 Å². The molecular formula is C11H15BrN2. The van der Waals surface area contributed by atoms with Crippen LogP contribution in [0.1, 0.15) is 30.9 Å². The van der Waals surface area contributed by atoms with Crippen molar-refractivity contribution in [2.45, 2.75) is 25.3 Å². The van der Waals surface area contributed by atoms with E-state index < -0.39 is 0 Å². The summed E-state index contributed by atoms with van der Waals surface area (Å²) in [6.07, 6.45) is 3.89. The molecule has 0 radical (unpaired) electrons. The van der Waals surface area contributed by atoms with Gasteiger partial charge in [-0.2, -0.15) is 0 Å². The maximum absolute atomic E-state index is 5.57. The van der Waals surface area contributed by atoms with Gasteiger partial charge in [-0.25, -0.2) is 0 Å². The zero-order chi connectivity index (χ0) is 9.97. The van der Waals surface area contributed by atoms with E-state index in [1.54, 1.807) is 0 Å². The third kappa shape index (κ3) is 2.56. The van der Waals surface area contributed by atoms with E-state index in [-0.39, 0.29) is 0 Å². The van der Waals surface area contributed by atoms with Crippen LogP contribution in [-0.2, 0) is 0 Å². The molecule has 3 N–H and O–H groups in total. The fourth-order valence-corrected chi connectivity index (χ4v) is 2.13. The van der Waals surface area contributed by atoms with Gasteiger partial charge in [0.2, 0.25) is 0 Å². The van der Waals surface area contributed by atoms with E-state index >= 15 is 0 Å². The van der Waals surface area contributed by atoms with Gasteiger partial charge in [-0.1, -0.05) is 40.9 Å². The molecule has 0 aliphatic heterocycles. The molecule has 1 fully saturated rings. The van der Waals surface area contributed by atoms with Crippen molar-refractivity contribution in [2.24, 2.45) is 11.8 Å². The normalized spacial score (nSPS) is 18.1. The summed E-state index contributed by atoms with van der Waals surface area (Å²) in [7, 11) is 0. The summed E-state index contributed by atoms with van der Waals surface area (Å²) in [5.74, 6) is 6.45. The van der Waals surface area contributed by atoms with Gasteiger partial charge in [-0.05, 0) is 30.0 Å². The number of nitrogens with two attached hydrogens (primary N) is 1. The average Bonchev–Trinajstić information content (AvgIpc) is 2.98. The van der Waals surface area contributed by atoms with E-state index in [9.17, 15) is 0 Å². The number of nitrogens with one attached hydrogen (secondary N) is 1. The SMILES string of the molecule is NNC(CC1CC1)c1cccc(Br)c1. The number of rotatable bonds is 4. The predicted molar refractivity (Wildman–Crippen MR) is 61.5 cm³/mol. The zero-order valence-electron chi connectivity index (χ0n) is 8.04. The molecule has 0 bridgehead atoms. The first-order chi connectivity index (χ1) is 6.79. The minimum Gasteiger partial charge on any atom is -0.271 e. The van der Waals surface area contributed by atoms with Crippen LogP contribution >= 0.6 is 15.9 Å². The largest absolute Gasteiger partial charge is 0.271 e. The zero-order valence-corrected chi connectivity index (χ0v) is 9.63. The summed E-state index contributed by atoms with van der Waals surface area (Å²) in [6, 6.07) is 8.65.